The van der Waals surface area contributed by atoms with Gasteiger partial charge in [-0.2, -0.15) is 0 Å². The molecular formula is C17H19Cl2NO2. The molecule has 0 aliphatic carbocycles. The van der Waals surface area contributed by atoms with Crippen LogP contribution in [0.25, 0.3) is 0 Å². The average molecular weight is 340 g/mol. The molecule has 0 aromatic heterocycles. The summed E-state index contributed by atoms with van der Waals surface area (Å²) in [6, 6.07) is 13.4. The molecule has 0 atom stereocenters. The average Bonchev–Trinajstić information content (AvgIpc) is 2.52. The van der Waals surface area contributed by atoms with Gasteiger partial charge in [-0.3, -0.25) is 0 Å². The summed E-state index contributed by atoms with van der Waals surface area (Å²) in [6.07, 6.45) is 0. The summed E-state index contributed by atoms with van der Waals surface area (Å²) in [6.45, 7) is 2.62. The van der Waals surface area contributed by atoms with Crippen molar-refractivity contribution in [3.8, 4) is 5.75 Å². The van der Waals surface area contributed by atoms with Crippen LogP contribution in [-0.4, -0.2) is 20.3 Å². The monoisotopic (exact) mass is 339 g/mol. The van der Waals surface area contributed by atoms with E-state index in [-0.39, 0.29) is 0 Å². The lowest BCUT2D eigenvalue weighted by molar-refractivity contribution is 0.199. The Bertz CT molecular complexity index is 605. The summed E-state index contributed by atoms with van der Waals surface area (Å²) < 4.78 is 10.9. The number of ether oxygens (including phenoxy) is 2. The smallest absolute Gasteiger partial charge is 0.124 e. The molecule has 2 rings (SSSR count). The second kappa shape index (κ2) is 9.01. The van der Waals surface area contributed by atoms with E-state index in [2.05, 4.69) is 5.32 Å². The van der Waals surface area contributed by atoms with E-state index in [0.717, 1.165) is 30.0 Å². The lowest BCUT2D eigenvalue weighted by atomic mass is 10.2. The molecule has 2 aromatic rings. The van der Waals surface area contributed by atoms with E-state index in [4.69, 9.17) is 32.7 Å². The molecule has 1 N–H and O–H groups in total. The van der Waals surface area contributed by atoms with Gasteiger partial charge in [-0.05, 0) is 18.2 Å². The lowest BCUT2D eigenvalue weighted by Gasteiger charge is -2.13. The molecule has 0 saturated heterocycles. The van der Waals surface area contributed by atoms with Gasteiger partial charge >= 0.3 is 0 Å². The zero-order chi connectivity index (χ0) is 15.8. The molecular weight excluding hydrogens is 321 g/mol. The van der Waals surface area contributed by atoms with Crippen molar-refractivity contribution in [3.63, 3.8) is 0 Å². The maximum atomic E-state index is 6.16. The summed E-state index contributed by atoms with van der Waals surface area (Å²) in [5, 5.41) is 4.55. The van der Waals surface area contributed by atoms with Crippen LogP contribution in [-0.2, 0) is 17.9 Å². The molecule has 0 fully saturated rings. The zero-order valence-corrected chi connectivity index (χ0v) is 14.0. The maximum Gasteiger partial charge on any atom is 0.124 e. The van der Waals surface area contributed by atoms with E-state index in [1.54, 1.807) is 13.2 Å². The summed E-state index contributed by atoms with van der Waals surface area (Å²) in [7, 11) is 1.69. The van der Waals surface area contributed by atoms with Crippen LogP contribution in [0.2, 0.25) is 10.0 Å². The molecule has 118 valence electrons. The molecule has 0 radical (unpaired) electrons. The quantitative estimate of drug-likeness (QED) is 0.727. The topological polar surface area (TPSA) is 30.5 Å². The number of hydrogen-bond donors (Lipinski definition) is 1. The van der Waals surface area contributed by atoms with E-state index < -0.39 is 0 Å². The number of hydrogen-bond acceptors (Lipinski definition) is 3. The number of rotatable bonds is 8. The van der Waals surface area contributed by atoms with Gasteiger partial charge in [0, 0.05) is 41.4 Å². The van der Waals surface area contributed by atoms with Crippen molar-refractivity contribution in [2.45, 2.75) is 13.2 Å². The zero-order valence-electron chi connectivity index (χ0n) is 12.4. The fraction of sp³-hybridized carbons (Fsp3) is 0.294. The van der Waals surface area contributed by atoms with Crippen LogP contribution in [0.4, 0.5) is 0 Å². The van der Waals surface area contributed by atoms with Crippen molar-refractivity contribution >= 4 is 23.2 Å². The van der Waals surface area contributed by atoms with E-state index >= 15 is 0 Å². The van der Waals surface area contributed by atoms with E-state index in [9.17, 15) is 0 Å². The van der Waals surface area contributed by atoms with Crippen LogP contribution < -0.4 is 10.1 Å². The van der Waals surface area contributed by atoms with Gasteiger partial charge < -0.3 is 14.8 Å². The van der Waals surface area contributed by atoms with Gasteiger partial charge in [0.2, 0.25) is 0 Å². The summed E-state index contributed by atoms with van der Waals surface area (Å²) >= 11 is 12.1. The Morgan fingerprint density at radius 1 is 1.05 bits per heavy atom. The van der Waals surface area contributed by atoms with Crippen LogP contribution in [0.1, 0.15) is 11.1 Å². The molecule has 0 amide bonds. The molecule has 3 nitrogen and oxygen atoms in total. The maximum absolute atomic E-state index is 6.16. The van der Waals surface area contributed by atoms with E-state index in [0.29, 0.717) is 23.3 Å². The minimum Gasteiger partial charge on any atom is -0.489 e. The molecule has 0 aliphatic rings. The highest BCUT2D eigenvalue weighted by Crippen LogP contribution is 2.24. The highest BCUT2D eigenvalue weighted by atomic mass is 35.5. The SMILES string of the molecule is COCCNCc1ccccc1OCc1ccc(Cl)cc1Cl. The molecule has 0 saturated carbocycles. The first-order valence-corrected chi connectivity index (χ1v) is 7.80. The standard InChI is InChI=1S/C17H19Cl2NO2/c1-21-9-8-20-11-13-4-2-3-5-17(13)22-12-14-6-7-15(18)10-16(14)19/h2-7,10,20H,8-9,11-12H2,1H3. The highest BCUT2D eigenvalue weighted by Gasteiger charge is 2.06. The number of nitrogens with one attached hydrogen (secondary N) is 1. The Morgan fingerprint density at radius 2 is 1.86 bits per heavy atom. The summed E-state index contributed by atoms with van der Waals surface area (Å²) in [4.78, 5) is 0. The first kappa shape index (κ1) is 17.1. The largest absolute Gasteiger partial charge is 0.489 e. The minimum absolute atomic E-state index is 0.408. The van der Waals surface area contributed by atoms with Crippen LogP contribution in [0.3, 0.4) is 0 Å². The summed E-state index contributed by atoms with van der Waals surface area (Å²) in [5.41, 5.74) is 2.01. The Kier molecular flexibility index (Phi) is 7.00. The molecule has 5 heteroatoms. The predicted molar refractivity (Wildman–Crippen MR) is 90.8 cm³/mol. The fourth-order valence-electron chi connectivity index (χ4n) is 1.98. The van der Waals surface area contributed by atoms with Gasteiger partial charge in [0.05, 0.1) is 6.61 Å². The van der Waals surface area contributed by atoms with Crippen molar-refractivity contribution in [2.75, 3.05) is 20.3 Å². The lowest BCUT2D eigenvalue weighted by Crippen LogP contribution is -2.19. The first-order valence-electron chi connectivity index (χ1n) is 7.05. The number of benzene rings is 2. The van der Waals surface area contributed by atoms with Crippen molar-refractivity contribution in [3.05, 3.63) is 63.6 Å². The number of para-hydroxylation sites is 1. The van der Waals surface area contributed by atoms with Crippen molar-refractivity contribution in [2.24, 2.45) is 0 Å². The third kappa shape index (κ3) is 5.18. The Morgan fingerprint density at radius 3 is 2.64 bits per heavy atom. The molecule has 0 aliphatic heterocycles. The van der Waals surface area contributed by atoms with E-state index in [1.807, 2.05) is 36.4 Å². The first-order chi connectivity index (χ1) is 10.7. The fourth-order valence-corrected chi connectivity index (χ4v) is 2.45. The molecule has 0 bridgehead atoms. The van der Waals surface area contributed by atoms with Gasteiger partial charge in [0.15, 0.2) is 0 Å². The molecule has 22 heavy (non-hydrogen) atoms. The van der Waals surface area contributed by atoms with Crippen molar-refractivity contribution in [1.82, 2.24) is 5.32 Å². The third-order valence-corrected chi connectivity index (χ3v) is 3.76. The van der Waals surface area contributed by atoms with Crippen molar-refractivity contribution in [1.29, 1.82) is 0 Å². The highest BCUT2D eigenvalue weighted by molar-refractivity contribution is 6.35. The molecule has 0 spiro atoms. The molecule has 0 heterocycles. The minimum atomic E-state index is 0.408. The van der Waals surface area contributed by atoms with Crippen molar-refractivity contribution < 1.29 is 9.47 Å². The normalized spacial score (nSPS) is 10.7. The molecule has 2 aromatic carbocycles. The predicted octanol–water partition coefficient (Wildman–Crippen LogP) is 4.31. The van der Waals surface area contributed by atoms with E-state index in [1.165, 1.54) is 0 Å². The van der Waals surface area contributed by atoms with Crippen LogP contribution in [0.5, 0.6) is 5.75 Å². The van der Waals surface area contributed by atoms with Gasteiger partial charge in [0.25, 0.3) is 0 Å². The summed E-state index contributed by atoms with van der Waals surface area (Å²) in [5.74, 6) is 0.846. The van der Waals surface area contributed by atoms with Gasteiger partial charge in [-0.1, -0.05) is 47.5 Å². The Balaban J connectivity index is 1.97. The third-order valence-electron chi connectivity index (χ3n) is 3.17. The number of halogens is 2. The van der Waals surface area contributed by atoms with Crippen LogP contribution >= 0.6 is 23.2 Å². The number of methoxy groups -OCH3 is 1. The molecule has 0 unspecified atom stereocenters. The van der Waals surface area contributed by atoms with Gasteiger partial charge in [-0.15, -0.1) is 0 Å². The Labute approximate surface area is 141 Å². The van der Waals surface area contributed by atoms with Crippen LogP contribution in [0.15, 0.2) is 42.5 Å². The second-order valence-electron chi connectivity index (χ2n) is 4.80. The second-order valence-corrected chi connectivity index (χ2v) is 5.65. The van der Waals surface area contributed by atoms with Gasteiger partial charge in [-0.25, -0.2) is 0 Å². The van der Waals surface area contributed by atoms with Gasteiger partial charge in [0.1, 0.15) is 12.4 Å². The van der Waals surface area contributed by atoms with Crippen LogP contribution in [0, 0.1) is 0 Å². The Hall–Kier alpha value is -1.26.